The summed E-state index contributed by atoms with van der Waals surface area (Å²) in [5, 5.41) is 22.3. The quantitative estimate of drug-likeness (QED) is 0.331. The Balaban J connectivity index is 3.47. The molecule has 0 aliphatic carbocycles. The first kappa shape index (κ1) is 24.5. The van der Waals surface area contributed by atoms with Crippen molar-refractivity contribution in [2.75, 3.05) is 6.61 Å². The molecule has 1 heterocycles. The number of aromatic nitrogens is 4. The van der Waals surface area contributed by atoms with Gasteiger partial charge in [0.1, 0.15) is 12.7 Å². The van der Waals surface area contributed by atoms with Crippen LogP contribution in [0.3, 0.4) is 0 Å². The second-order valence-electron chi connectivity index (χ2n) is 6.09. The first-order valence-electron chi connectivity index (χ1n) is 8.61. The van der Waals surface area contributed by atoms with Gasteiger partial charge in [0.15, 0.2) is 6.10 Å². The molecule has 1 rings (SSSR count). The predicted molar refractivity (Wildman–Crippen MR) is 92.2 cm³/mol. The van der Waals surface area contributed by atoms with Crippen molar-refractivity contribution in [2.45, 2.75) is 52.4 Å². The van der Waals surface area contributed by atoms with Gasteiger partial charge >= 0.3 is 29.8 Å². The molecule has 0 bridgehead atoms. The zero-order valence-corrected chi connectivity index (χ0v) is 16.7. The number of H-pyrrole nitrogens is 1. The fourth-order valence-corrected chi connectivity index (χ4v) is 2.62. The highest BCUT2D eigenvalue weighted by molar-refractivity contribution is 5.70. The molecule has 4 unspecified atom stereocenters. The van der Waals surface area contributed by atoms with Gasteiger partial charge in [-0.3, -0.25) is 24.0 Å². The molecular weight excluding hydrogens is 408 g/mol. The van der Waals surface area contributed by atoms with Crippen molar-refractivity contribution in [1.29, 1.82) is 0 Å². The van der Waals surface area contributed by atoms with Gasteiger partial charge in [-0.25, -0.2) is 0 Å². The number of ether oxygens (including phenoxy) is 4. The number of rotatable bonds is 11. The van der Waals surface area contributed by atoms with Crippen LogP contribution in [0, 0.1) is 5.92 Å². The lowest BCUT2D eigenvalue weighted by Gasteiger charge is -2.34. The lowest BCUT2D eigenvalue weighted by Crippen LogP contribution is -2.45. The monoisotopic (exact) mass is 430 g/mol. The molecule has 1 aromatic heterocycles. The first-order chi connectivity index (χ1) is 14.0. The summed E-state index contributed by atoms with van der Waals surface area (Å²) >= 11 is 0. The molecule has 0 saturated carbocycles. The largest absolute Gasteiger partial charge is 0.481 e. The third-order valence-electron chi connectivity index (χ3n) is 3.59. The summed E-state index contributed by atoms with van der Waals surface area (Å²) < 4.78 is 20.4. The highest BCUT2D eigenvalue weighted by atomic mass is 16.6. The minimum atomic E-state index is -1.53. The van der Waals surface area contributed by atoms with Gasteiger partial charge < -0.3 is 24.1 Å². The summed E-state index contributed by atoms with van der Waals surface area (Å²) in [6, 6.07) is 0. The van der Waals surface area contributed by atoms with Crippen LogP contribution < -0.4 is 0 Å². The van der Waals surface area contributed by atoms with Crippen LogP contribution in [0.25, 0.3) is 0 Å². The molecule has 0 aromatic carbocycles. The number of carboxylic acids is 1. The smallest absolute Gasteiger partial charge is 0.303 e. The van der Waals surface area contributed by atoms with Crippen molar-refractivity contribution in [1.82, 2.24) is 20.6 Å². The number of hydrogen-bond acceptors (Lipinski definition) is 12. The van der Waals surface area contributed by atoms with E-state index in [9.17, 15) is 29.1 Å². The molecule has 0 fully saturated rings. The topological polar surface area (TPSA) is 197 Å². The third kappa shape index (κ3) is 8.20. The Morgan fingerprint density at radius 2 is 1.53 bits per heavy atom. The van der Waals surface area contributed by atoms with E-state index in [1.54, 1.807) is 0 Å². The predicted octanol–water partition coefficient (Wildman–Crippen LogP) is -0.679. The minimum absolute atomic E-state index is 0.221. The Labute approximate surface area is 170 Å². The maximum Gasteiger partial charge on any atom is 0.303 e. The molecule has 166 valence electrons. The number of aliphatic carboxylic acids is 1. The Morgan fingerprint density at radius 3 is 1.97 bits per heavy atom. The zero-order chi connectivity index (χ0) is 22.8. The van der Waals surface area contributed by atoms with Gasteiger partial charge in [-0.05, 0) is 0 Å². The molecule has 0 saturated heterocycles. The molecule has 14 nitrogen and oxygen atoms in total. The molecule has 2 N–H and O–H groups in total. The van der Waals surface area contributed by atoms with Crippen molar-refractivity contribution in [2.24, 2.45) is 5.92 Å². The molecule has 0 spiro atoms. The Hall–Kier alpha value is -3.58. The fraction of sp³-hybridized carbons (Fsp3) is 0.625. The van der Waals surface area contributed by atoms with E-state index in [-0.39, 0.29) is 5.82 Å². The highest BCUT2D eigenvalue weighted by Gasteiger charge is 2.44. The SMILES string of the molecule is CC(=O)OCC(OC(C)=O)C(CC(=O)O)C(OC(C)=O)C(OC(C)=O)c1nn[nH]n1. The van der Waals surface area contributed by atoms with Crippen LogP contribution in [0.1, 0.15) is 46.0 Å². The number of esters is 4. The normalized spacial score (nSPS) is 14.5. The third-order valence-corrected chi connectivity index (χ3v) is 3.59. The van der Waals surface area contributed by atoms with E-state index in [0.29, 0.717) is 0 Å². The number of hydrogen-bond donors (Lipinski definition) is 2. The lowest BCUT2D eigenvalue weighted by molar-refractivity contribution is -0.186. The lowest BCUT2D eigenvalue weighted by atomic mass is 9.88. The molecule has 0 aliphatic heterocycles. The summed E-state index contributed by atoms with van der Waals surface area (Å²) in [7, 11) is 0. The van der Waals surface area contributed by atoms with Crippen LogP contribution in [0.15, 0.2) is 0 Å². The maximum absolute atomic E-state index is 11.7. The Morgan fingerprint density at radius 1 is 0.933 bits per heavy atom. The van der Waals surface area contributed by atoms with Gasteiger partial charge in [-0.2, -0.15) is 5.21 Å². The molecule has 0 radical (unpaired) electrons. The summed E-state index contributed by atoms with van der Waals surface area (Å²) in [5.41, 5.74) is 0. The van der Waals surface area contributed by atoms with E-state index in [1.165, 1.54) is 0 Å². The second kappa shape index (κ2) is 11.4. The van der Waals surface area contributed by atoms with E-state index in [2.05, 4.69) is 20.6 Å². The van der Waals surface area contributed by atoms with Crippen molar-refractivity contribution < 1.29 is 48.0 Å². The standard InChI is InChI=1S/C16H22N4O10/c1-7(21)27-6-12(28-8(2)22)11(5-13(25)26)14(29-9(3)23)15(30-10(4)24)16-17-19-20-18-16/h11-12,14-15H,5-6H2,1-4H3,(H,25,26)(H,17,18,19,20). The van der Waals surface area contributed by atoms with Crippen LogP contribution in [0.5, 0.6) is 0 Å². The first-order valence-corrected chi connectivity index (χ1v) is 8.61. The number of carbonyl (C=O) groups is 5. The number of carbonyl (C=O) groups excluding carboxylic acids is 4. The van der Waals surface area contributed by atoms with E-state index < -0.39 is 67.1 Å². The second-order valence-corrected chi connectivity index (χ2v) is 6.09. The maximum atomic E-state index is 11.7. The van der Waals surface area contributed by atoms with Crippen molar-refractivity contribution in [3.63, 3.8) is 0 Å². The van der Waals surface area contributed by atoms with Gasteiger partial charge in [0.2, 0.25) is 11.9 Å². The van der Waals surface area contributed by atoms with Crippen LogP contribution in [-0.2, 0) is 42.9 Å². The number of nitrogens with zero attached hydrogens (tertiary/aromatic N) is 3. The van der Waals surface area contributed by atoms with E-state index in [0.717, 1.165) is 27.7 Å². The van der Waals surface area contributed by atoms with Crippen LogP contribution >= 0.6 is 0 Å². The molecule has 30 heavy (non-hydrogen) atoms. The van der Waals surface area contributed by atoms with Crippen molar-refractivity contribution in [3.8, 4) is 0 Å². The summed E-state index contributed by atoms with van der Waals surface area (Å²) in [6.07, 6.45) is -5.10. The molecule has 1 aromatic rings. The number of tetrazole rings is 1. The fourth-order valence-electron chi connectivity index (χ4n) is 2.62. The molecule has 0 amide bonds. The Kier molecular flexibility index (Phi) is 9.32. The minimum Gasteiger partial charge on any atom is -0.481 e. The van der Waals surface area contributed by atoms with Crippen LogP contribution in [0.2, 0.25) is 0 Å². The summed E-state index contributed by atoms with van der Waals surface area (Å²) in [5.74, 6) is -6.11. The van der Waals surface area contributed by atoms with Gasteiger partial charge in [0.05, 0.1) is 12.3 Å². The average molecular weight is 430 g/mol. The van der Waals surface area contributed by atoms with Crippen molar-refractivity contribution in [3.05, 3.63) is 5.82 Å². The van der Waals surface area contributed by atoms with E-state index >= 15 is 0 Å². The summed E-state index contributed by atoms with van der Waals surface area (Å²) in [6.45, 7) is 3.72. The molecule has 4 atom stereocenters. The Bertz CT molecular complexity index is 766. The number of carboxylic acid groups (broad SMARTS) is 1. The van der Waals surface area contributed by atoms with E-state index in [1.807, 2.05) is 0 Å². The number of aromatic amines is 1. The molecule has 14 heteroatoms. The van der Waals surface area contributed by atoms with Gasteiger partial charge in [0, 0.05) is 27.7 Å². The van der Waals surface area contributed by atoms with Gasteiger partial charge in [-0.15, -0.1) is 10.2 Å². The van der Waals surface area contributed by atoms with Crippen LogP contribution in [-0.4, -0.2) is 74.4 Å². The van der Waals surface area contributed by atoms with E-state index in [4.69, 9.17) is 18.9 Å². The van der Waals surface area contributed by atoms with Crippen molar-refractivity contribution >= 4 is 29.8 Å². The van der Waals surface area contributed by atoms with Gasteiger partial charge in [-0.1, -0.05) is 5.21 Å². The van der Waals surface area contributed by atoms with Gasteiger partial charge in [0.25, 0.3) is 0 Å². The molecular formula is C16H22N4O10. The van der Waals surface area contributed by atoms with Crippen LogP contribution in [0.4, 0.5) is 0 Å². The summed E-state index contributed by atoms with van der Waals surface area (Å²) in [4.78, 5) is 57.7. The highest BCUT2D eigenvalue weighted by Crippen LogP contribution is 2.32. The zero-order valence-electron chi connectivity index (χ0n) is 16.7. The average Bonchev–Trinajstić information content (AvgIpc) is 3.13. The molecule has 0 aliphatic rings. The number of nitrogens with one attached hydrogen (secondary N) is 1.